The number of nitrogens with one attached hydrogen (secondary N) is 1. The lowest BCUT2D eigenvalue weighted by Gasteiger charge is -2.37. The summed E-state index contributed by atoms with van der Waals surface area (Å²) in [5.74, 6) is 0.654. The first kappa shape index (κ1) is 28.3. The van der Waals surface area contributed by atoms with Gasteiger partial charge in [-0.2, -0.15) is 4.98 Å². The number of ether oxygens (including phenoxy) is 2. The van der Waals surface area contributed by atoms with Gasteiger partial charge in [0.15, 0.2) is 14.0 Å². The minimum absolute atomic E-state index is 0.0902. The molecule has 3 heterocycles. The van der Waals surface area contributed by atoms with E-state index in [1.807, 2.05) is 10.8 Å². The van der Waals surface area contributed by atoms with Crippen molar-refractivity contribution in [3.8, 4) is 0 Å². The zero-order valence-electron chi connectivity index (χ0n) is 21.2. The van der Waals surface area contributed by atoms with Crippen LogP contribution in [0.15, 0.2) is 11.0 Å². The number of nitrogen functional groups attached to an aromatic ring is 1. The molecular formula is C22H37IN4O4S2Si. The van der Waals surface area contributed by atoms with Crippen molar-refractivity contribution in [3.05, 3.63) is 20.1 Å². The molecule has 2 aromatic heterocycles. The van der Waals surface area contributed by atoms with Crippen LogP contribution in [0.3, 0.4) is 0 Å². The van der Waals surface area contributed by atoms with E-state index in [0.29, 0.717) is 30.0 Å². The predicted octanol–water partition coefficient (Wildman–Crippen LogP) is 5.74. The van der Waals surface area contributed by atoms with E-state index < -0.39 is 8.32 Å². The van der Waals surface area contributed by atoms with Gasteiger partial charge in [0.25, 0.3) is 5.56 Å². The van der Waals surface area contributed by atoms with Crippen LogP contribution in [0.4, 0.5) is 5.95 Å². The molecule has 0 aliphatic carbocycles. The maximum atomic E-state index is 12.5. The van der Waals surface area contributed by atoms with Crippen molar-refractivity contribution in [2.45, 2.75) is 89.3 Å². The highest BCUT2D eigenvalue weighted by atomic mass is 127. The number of hydrogen-bond acceptors (Lipinski definition) is 8. The maximum absolute atomic E-state index is 12.5. The monoisotopic (exact) mass is 640 g/mol. The van der Waals surface area contributed by atoms with Crippen molar-refractivity contribution >= 4 is 69.5 Å². The molecule has 0 unspecified atom stereocenters. The molecule has 3 atom stereocenters. The molecule has 0 saturated carbocycles. The lowest BCUT2D eigenvalue weighted by Crippen LogP contribution is -2.44. The Kier molecular flexibility index (Phi) is 8.85. The van der Waals surface area contributed by atoms with Crippen molar-refractivity contribution < 1.29 is 13.9 Å². The fourth-order valence-corrected chi connectivity index (χ4v) is 7.17. The fourth-order valence-electron chi connectivity index (χ4n) is 3.37. The van der Waals surface area contributed by atoms with Crippen LogP contribution in [0, 0.1) is 3.57 Å². The van der Waals surface area contributed by atoms with Gasteiger partial charge in [-0.25, -0.2) is 0 Å². The standard InChI is InChI=1S/C22H37IN4O4S2Si/c1-21(2,3)33-32-12-29-14-9-16(31-15(14)11-30-34(7,8)22(4,5)6)27-10-13(23)17-18(27)25-20(24)26-19(17)28/h10,14-16H,9,11-12H2,1-8H3,(H3,24,25,26,28)/t14-,15+,16+/m0/s1. The minimum atomic E-state index is -1.95. The Labute approximate surface area is 224 Å². The predicted molar refractivity (Wildman–Crippen MR) is 154 cm³/mol. The van der Waals surface area contributed by atoms with E-state index in [4.69, 9.17) is 19.6 Å². The van der Waals surface area contributed by atoms with Crippen molar-refractivity contribution in [2.75, 3.05) is 18.3 Å². The van der Waals surface area contributed by atoms with E-state index in [1.165, 1.54) is 0 Å². The molecule has 0 spiro atoms. The molecule has 1 fully saturated rings. The lowest BCUT2D eigenvalue weighted by atomic mass is 10.2. The Morgan fingerprint density at radius 3 is 2.62 bits per heavy atom. The number of H-pyrrole nitrogens is 1. The first-order valence-corrected chi connectivity index (χ1v) is 17.7. The molecule has 1 aliphatic rings. The highest BCUT2D eigenvalue weighted by Gasteiger charge is 2.42. The number of aromatic amines is 1. The summed E-state index contributed by atoms with van der Waals surface area (Å²) in [7, 11) is 1.56. The van der Waals surface area contributed by atoms with Gasteiger partial charge in [-0.1, -0.05) is 63.1 Å². The topological polar surface area (TPSA) is 104 Å². The third-order valence-corrected chi connectivity index (χ3v) is 14.5. The highest BCUT2D eigenvalue weighted by Crippen LogP contribution is 2.40. The van der Waals surface area contributed by atoms with Crippen LogP contribution in [0.1, 0.15) is 54.2 Å². The summed E-state index contributed by atoms with van der Waals surface area (Å²) < 4.78 is 22.2. The number of anilines is 1. The zero-order chi connectivity index (χ0) is 25.5. The Hall–Kier alpha value is -0.253. The molecule has 1 saturated heterocycles. The molecule has 3 N–H and O–H groups in total. The van der Waals surface area contributed by atoms with Gasteiger partial charge >= 0.3 is 0 Å². The third-order valence-electron chi connectivity index (χ3n) is 6.20. The average Bonchev–Trinajstić information content (AvgIpc) is 3.22. The van der Waals surface area contributed by atoms with E-state index in [-0.39, 0.29) is 39.7 Å². The Morgan fingerprint density at radius 2 is 2.00 bits per heavy atom. The van der Waals surface area contributed by atoms with Gasteiger partial charge in [0.05, 0.1) is 18.1 Å². The summed E-state index contributed by atoms with van der Waals surface area (Å²) in [5, 5.41) is 0.629. The third kappa shape index (κ3) is 6.74. The summed E-state index contributed by atoms with van der Waals surface area (Å²) in [6, 6.07) is 0. The number of halogens is 1. The molecule has 3 rings (SSSR count). The Bertz CT molecular complexity index is 1060. The van der Waals surface area contributed by atoms with Gasteiger partial charge in [0.1, 0.15) is 18.3 Å². The zero-order valence-corrected chi connectivity index (χ0v) is 26.0. The number of rotatable bonds is 8. The minimum Gasteiger partial charge on any atom is -0.414 e. The number of nitrogens with zero attached hydrogens (tertiary/aromatic N) is 2. The Morgan fingerprint density at radius 1 is 1.32 bits per heavy atom. The largest absolute Gasteiger partial charge is 0.414 e. The summed E-state index contributed by atoms with van der Waals surface area (Å²) >= 11 is 2.15. The van der Waals surface area contributed by atoms with E-state index in [2.05, 4.69) is 87.2 Å². The maximum Gasteiger partial charge on any atom is 0.262 e. The summed E-state index contributed by atoms with van der Waals surface area (Å²) in [5.41, 5.74) is 6.12. The van der Waals surface area contributed by atoms with Crippen LogP contribution < -0.4 is 11.3 Å². The molecular weight excluding hydrogens is 603 g/mol. The highest BCUT2D eigenvalue weighted by molar-refractivity contribution is 14.1. The van der Waals surface area contributed by atoms with Crippen LogP contribution in [0.25, 0.3) is 11.0 Å². The van der Waals surface area contributed by atoms with E-state index in [1.54, 1.807) is 21.6 Å². The molecule has 8 nitrogen and oxygen atoms in total. The summed E-state index contributed by atoms with van der Waals surface area (Å²) in [6.45, 7) is 18.2. The molecule has 192 valence electrons. The van der Waals surface area contributed by atoms with E-state index in [0.717, 1.165) is 3.57 Å². The van der Waals surface area contributed by atoms with Crippen LogP contribution in [0.2, 0.25) is 18.1 Å². The average molecular weight is 641 g/mol. The quantitative estimate of drug-likeness (QED) is 0.124. The molecule has 1 aliphatic heterocycles. The van der Waals surface area contributed by atoms with Crippen LogP contribution in [-0.4, -0.2) is 52.4 Å². The first-order chi connectivity index (χ1) is 15.6. The second kappa shape index (κ2) is 10.6. The number of hydrogen-bond donors (Lipinski definition) is 2. The lowest BCUT2D eigenvalue weighted by molar-refractivity contribution is -0.0505. The fraction of sp³-hybridized carbons (Fsp3) is 0.727. The summed E-state index contributed by atoms with van der Waals surface area (Å²) in [6.07, 6.45) is 1.88. The number of aromatic nitrogens is 3. The normalized spacial score (nSPS) is 22.1. The second-order valence-electron chi connectivity index (χ2n) is 11.1. The van der Waals surface area contributed by atoms with Crippen molar-refractivity contribution in [1.82, 2.24) is 14.5 Å². The molecule has 0 bridgehead atoms. The molecule has 34 heavy (non-hydrogen) atoms. The first-order valence-electron chi connectivity index (χ1n) is 11.4. The van der Waals surface area contributed by atoms with Gasteiger partial charge in [0, 0.05) is 20.9 Å². The van der Waals surface area contributed by atoms with Crippen molar-refractivity contribution in [3.63, 3.8) is 0 Å². The molecule has 0 amide bonds. The van der Waals surface area contributed by atoms with Gasteiger partial charge in [-0.15, -0.1) is 0 Å². The molecule has 12 heteroatoms. The second-order valence-corrected chi connectivity index (χ2v) is 20.1. The molecule has 2 aromatic rings. The van der Waals surface area contributed by atoms with Crippen molar-refractivity contribution in [1.29, 1.82) is 0 Å². The van der Waals surface area contributed by atoms with Gasteiger partial charge < -0.3 is 24.2 Å². The molecule has 0 aromatic carbocycles. The number of nitrogens with two attached hydrogens (primary N) is 1. The summed E-state index contributed by atoms with van der Waals surface area (Å²) in [4.78, 5) is 19.4. The molecule has 0 radical (unpaired) electrons. The van der Waals surface area contributed by atoms with E-state index >= 15 is 0 Å². The van der Waals surface area contributed by atoms with Crippen LogP contribution in [-0.2, 0) is 13.9 Å². The number of fused-ring (bicyclic) bond motifs is 1. The van der Waals surface area contributed by atoms with Crippen molar-refractivity contribution in [2.24, 2.45) is 0 Å². The SMILES string of the molecule is CC(C)(C)SSCO[C@H]1C[C@H](n2cc(I)c3c(=O)[nH]c(N)nc32)O[C@@H]1CO[Si](C)(C)C(C)(C)C. The van der Waals surface area contributed by atoms with Gasteiger partial charge in [-0.3, -0.25) is 9.78 Å². The van der Waals surface area contributed by atoms with Crippen LogP contribution in [0.5, 0.6) is 0 Å². The van der Waals surface area contributed by atoms with Crippen LogP contribution >= 0.6 is 44.2 Å². The van der Waals surface area contributed by atoms with Gasteiger partial charge in [0.2, 0.25) is 5.95 Å². The van der Waals surface area contributed by atoms with E-state index in [9.17, 15) is 4.79 Å². The smallest absolute Gasteiger partial charge is 0.262 e. The van der Waals surface area contributed by atoms with Gasteiger partial charge in [-0.05, 0) is 40.7 Å². The Balaban J connectivity index is 1.81.